The number of rotatable bonds is 10. The van der Waals surface area contributed by atoms with Crippen LogP contribution in [0.4, 0.5) is 0 Å². The van der Waals surface area contributed by atoms with Gasteiger partial charge in [0, 0.05) is 44.3 Å². The lowest BCUT2D eigenvalue weighted by Crippen LogP contribution is -2.49. The van der Waals surface area contributed by atoms with Crippen LogP contribution in [0.1, 0.15) is 36.5 Å². The van der Waals surface area contributed by atoms with Crippen LogP contribution in [0.2, 0.25) is 0 Å². The Kier molecular flexibility index (Phi) is 8.37. The highest BCUT2D eigenvalue weighted by molar-refractivity contribution is 7.89. The van der Waals surface area contributed by atoms with Gasteiger partial charge in [-0.2, -0.15) is 4.31 Å². The zero-order chi connectivity index (χ0) is 24.0. The van der Waals surface area contributed by atoms with Crippen LogP contribution in [-0.2, 0) is 10.0 Å². The number of ether oxygens (including phenoxy) is 1. The van der Waals surface area contributed by atoms with Gasteiger partial charge in [-0.3, -0.25) is 9.69 Å². The molecule has 34 heavy (non-hydrogen) atoms. The monoisotopic (exact) mass is 485 g/mol. The number of nitrogens with zero attached hydrogens (tertiary/aromatic N) is 3. The van der Waals surface area contributed by atoms with Crippen molar-refractivity contribution < 1.29 is 17.9 Å². The molecule has 2 aliphatic heterocycles. The van der Waals surface area contributed by atoms with Crippen molar-refractivity contribution in [3.63, 3.8) is 0 Å². The van der Waals surface area contributed by atoms with Crippen LogP contribution >= 0.6 is 0 Å². The Morgan fingerprint density at radius 1 is 0.971 bits per heavy atom. The number of benzene rings is 2. The van der Waals surface area contributed by atoms with Gasteiger partial charge in [0.1, 0.15) is 5.75 Å². The summed E-state index contributed by atoms with van der Waals surface area (Å²) in [5.41, 5.74) is 0.651. The third-order valence-corrected chi connectivity index (χ3v) is 8.72. The molecule has 2 saturated heterocycles. The van der Waals surface area contributed by atoms with Crippen molar-refractivity contribution in [3.05, 3.63) is 60.2 Å². The highest BCUT2D eigenvalue weighted by atomic mass is 32.2. The first-order valence-corrected chi connectivity index (χ1v) is 13.7. The van der Waals surface area contributed by atoms with Gasteiger partial charge in [0.2, 0.25) is 10.0 Å². The van der Waals surface area contributed by atoms with E-state index < -0.39 is 10.0 Å². The number of piperazine rings is 1. The predicted octanol–water partition coefficient (Wildman–Crippen LogP) is 3.13. The number of hydrogen-bond acceptors (Lipinski definition) is 6. The van der Waals surface area contributed by atoms with Gasteiger partial charge in [0.05, 0.1) is 18.0 Å². The Bertz CT molecular complexity index is 1040. The van der Waals surface area contributed by atoms with Crippen molar-refractivity contribution in [2.24, 2.45) is 0 Å². The van der Waals surface area contributed by atoms with Crippen molar-refractivity contribution in [1.82, 2.24) is 14.1 Å². The van der Waals surface area contributed by atoms with Crippen LogP contribution in [0.25, 0.3) is 0 Å². The molecule has 2 aromatic carbocycles. The number of carbonyl (C=O) groups is 1. The molecule has 2 aliphatic rings. The van der Waals surface area contributed by atoms with Gasteiger partial charge in [-0.25, -0.2) is 8.42 Å². The Labute approximate surface area is 203 Å². The van der Waals surface area contributed by atoms with E-state index >= 15 is 0 Å². The molecule has 1 atom stereocenters. The molecule has 0 spiro atoms. The Hall–Kier alpha value is -2.26. The summed E-state index contributed by atoms with van der Waals surface area (Å²) in [5.74, 6) is 0.819. The van der Waals surface area contributed by atoms with Crippen LogP contribution in [0, 0.1) is 0 Å². The molecule has 0 aromatic heterocycles. The molecule has 0 unspecified atom stereocenters. The molecule has 8 heteroatoms. The average Bonchev–Trinajstić information content (AvgIpc) is 3.27. The van der Waals surface area contributed by atoms with E-state index in [1.165, 1.54) is 23.7 Å². The van der Waals surface area contributed by atoms with Gasteiger partial charge < -0.3 is 9.64 Å². The summed E-state index contributed by atoms with van der Waals surface area (Å²) < 4.78 is 32.9. The first kappa shape index (κ1) is 24.9. The van der Waals surface area contributed by atoms with E-state index in [1.807, 2.05) is 29.2 Å². The summed E-state index contributed by atoms with van der Waals surface area (Å²) in [6.45, 7) is 7.34. The standard InChI is InChI=1S/C26H35N3O4S/c1-22-7-5-14-28(22)15-6-20-33-24-12-10-23(11-13-24)26(30)21-27-16-18-29(19-17-27)34(31,32)25-8-3-2-4-9-25/h2-4,8-13,22H,5-7,14-21H2,1H3/t22-/m1/s1. The summed E-state index contributed by atoms with van der Waals surface area (Å²) in [4.78, 5) is 17.6. The first-order chi connectivity index (χ1) is 16.4. The van der Waals surface area contributed by atoms with E-state index in [0.717, 1.165) is 18.7 Å². The molecular formula is C26H35N3O4S. The van der Waals surface area contributed by atoms with Crippen molar-refractivity contribution in [2.45, 2.75) is 37.1 Å². The van der Waals surface area contributed by atoms with E-state index in [-0.39, 0.29) is 12.3 Å². The van der Waals surface area contributed by atoms with Crippen LogP contribution < -0.4 is 4.74 Å². The molecule has 0 amide bonds. The highest BCUT2D eigenvalue weighted by Crippen LogP contribution is 2.19. The fraction of sp³-hybridized carbons (Fsp3) is 0.500. The lowest BCUT2D eigenvalue weighted by molar-refractivity contribution is 0.0901. The maximum Gasteiger partial charge on any atom is 0.243 e. The quantitative estimate of drug-likeness (QED) is 0.380. The maximum atomic E-state index is 12.8. The zero-order valence-corrected chi connectivity index (χ0v) is 20.8. The molecule has 2 aromatic rings. The number of sulfonamides is 1. The molecule has 2 fully saturated rings. The summed E-state index contributed by atoms with van der Waals surface area (Å²) in [5, 5.41) is 0. The number of Topliss-reactive ketones (excluding diaryl/α,β-unsaturated/α-hetero) is 1. The molecular weight excluding hydrogens is 450 g/mol. The Balaban J connectivity index is 1.20. The zero-order valence-electron chi connectivity index (χ0n) is 19.9. The summed E-state index contributed by atoms with van der Waals surface area (Å²) >= 11 is 0. The fourth-order valence-electron chi connectivity index (χ4n) is 4.68. The molecule has 0 radical (unpaired) electrons. The third-order valence-electron chi connectivity index (χ3n) is 6.80. The normalized spacial score (nSPS) is 20.4. The van der Waals surface area contributed by atoms with Gasteiger partial charge >= 0.3 is 0 Å². The second kappa shape index (κ2) is 11.4. The number of carbonyl (C=O) groups excluding carboxylic acids is 1. The fourth-order valence-corrected chi connectivity index (χ4v) is 6.13. The molecule has 0 aliphatic carbocycles. The van der Waals surface area contributed by atoms with E-state index in [0.29, 0.717) is 49.3 Å². The second-order valence-electron chi connectivity index (χ2n) is 9.17. The minimum atomic E-state index is -3.48. The molecule has 7 nitrogen and oxygen atoms in total. The van der Waals surface area contributed by atoms with Gasteiger partial charge in [-0.05, 0) is 69.1 Å². The molecule has 4 rings (SSSR count). The molecule has 0 bridgehead atoms. The Morgan fingerprint density at radius 2 is 1.68 bits per heavy atom. The van der Waals surface area contributed by atoms with Crippen LogP contribution in [-0.4, -0.2) is 86.8 Å². The average molecular weight is 486 g/mol. The van der Waals surface area contributed by atoms with Crippen molar-refractivity contribution >= 4 is 15.8 Å². The second-order valence-corrected chi connectivity index (χ2v) is 11.1. The van der Waals surface area contributed by atoms with E-state index in [4.69, 9.17) is 4.74 Å². The topological polar surface area (TPSA) is 70.2 Å². The molecule has 0 N–H and O–H groups in total. The summed E-state index contributed by atoms with van der Waals surface area (Å²) in [6, 6.07) is 16.5. The van der Waals surface area contributed by atoms with Crippen molar-refractivity contribution in [1.29, 1.82) is 0 Å². The third kappa shape index (κ3) is 6.24. The first-order valence-electron chi connectivity index (χ1n) is 12.2. The van der Waals surface area contributed by atoms with E-state index in [1.54, 1.807) is 30.3 Å². The lowest BCUT2D eigenvalue weighted by atomic mass is 10.1. The minimum absolute atomic E-state index is 0.0361. The van der Waals surface area contributed by atoms with Crippen LogP contribution in [0.3, 0.4) is 0 Å². The Morgan fingerprint density at radius 3 is 2.32 bits per heavy atom. The van der Waals surface area contributed by atoms with Gasteiger partial charge in [-0.1, -0.05) is 18.2 Å². The smallest absolute Gasteiger partial charge is 0.243 e. The molecule has 0 saturated carbocycles. The minimum Gasteiger partial charge on any atom is -0.494 e. The lowest BCUT2D eigenvalue weighted by Gasteiger charge is -2.33. The predicted molar refractivity (Wildman–Crippen MR) is 133 cm³/mol. The number of hydrogen-bond donors (Lipinski definition) is 0. The number of ketones is 1. The highest BCUT2D eigenvalue weighted by Gasteiger charge is 2.29. The van der Waals surface area contributed by atoms with Gasteiger partial charge in [-0.15, -0.1) is 0 Å². The van der Waals surface area contributed by atoms with E-state index in [2.05, 4.69) is 11.8 Å². The van der Waals surface area contributed by atoms with Crippen LogP contribution in [0.15, 0.2) is 59.5 Å². The van der Waals surface area contributed by atoms with E-state index in [9.17, 15) is 13.2 Å². The van der Waals surface area contributed by atoms with Crippen molar-refractivity contribution in [2.75, 3.05) is 52.4 Å². The van der Waals surface area contributed by atoms with Crippen molar-refractivity contribution in [3.8, 4) is 5.75 Å². The molecule has 184 valence electrons. The van der Waals surface area contributed by atoms with Crippen LogP contribution in [0.5, 0.6) is 5.75 Å². The maximum absolute atomic E-state index is 12.8. The molecule has 2 heterocycles. The van der Waals surface area contributed by atoms with Gasteiger partial charge in [0.15, 0.2) is 5.78 Å². The summed E-state index contributed by atoms with van der Waals surface area (Å²) in [6.07, 6.45) is 3.58. The van der Waals surface area contributed by atoms with Gasteiger partial charge in [0.25, 0.3) is 0 Å². The SMILES string of the molecule is C[C@@H]1CCCN1CCCOc1ccc(C(=O)CN2CCN(S(=O)(=O)c3ccccc3)CC2)cc1. The summed E-state index contributed by atoms with van der Waals surface area (Å²) in [7, 11) is -3.48. The number of likely N-dealkylation sites (tertiary alicyclic amines) is 1. The largest absolute Gasteiger partial charge is 0.494 e.